The monoisotopic (exact) mass is 270 g/mol. The topological polar surface area (TPSA) is 94.1 Å². The molecule has 0 atom stereocenters. The first-order valence-electron chi connectivity index (χ1n) is 5.79. The standard InChI is InChI=1S/C11H18N4O2S/c1-18-8-4-2-3-7-13-11-9(15(16)17)5-6-10(12)14-11/h5-6H,2-4,7-8H2,1H3,(H3,12,13,14). The van der Waals surface area contributed by atoms with Crippen LogP contribution < -0.4 is 11.1 Å². The Bertz CT molecular complexity index is 401. The van der Waals surface area contributed by atoms with Crippen LogP contribution in [0.1, 0.15) is 19.3 Å². The number of nitrogens with one attached hydrogen (secondary N) is 1. The van der Waals surface area contributed by atoms with E-state index in [9.17, 15) is 10.1 Å². The van der Waals surface area contributed by atoms with E-state index in [-0.39, 0.29) is 17.3 Å². The molecule has 0 fully saturated rings. The summed E-state index contributed by atoms with van der Waals surface area (Å²) in [6.45, 7) is 0.672. The number of nitrogens with zero attached hydrogens (tertiary/aromatic N) is 2. The Morgan fingerprint density at radius 1 is 1.44 bits per heavy atom. The molecule has 1 aromatic heterocycles. The molecule has 7 heteroatoms. The molecule has 0 aliphatic rings. The summed E-state index contributed by atoms with van der Waals surface area (Å²) in [5.74, 6) is 1.69. The molecule has 0 aliphatic heterocycles. The van der Waals surface area contributed by atoms with Gasteiger partial charge >= 0.3 is 5.69 Å². The summed E-state index contributed by atoms with van der Waals surface area (Å²) in [6, 6.07) is 2.81. The highest BCUT2D eigenvalue weighted by atomic mass is 32.2. The summed E-state index contributed by atoms with van der Waals surface area (Å²) in [7, 11) is 0. The predicted octanol–water partition coefficient (Wildman–Crippen LogP) is 2.52. The van der Waals surface area contributed by atoms with Gasteiger partial charge in [0.15, 0.2) is 0 Å². The molecule has 18 heavy (non-hydrogen) atoms. The molecule has 6 nitrogen and oxygen atoms in total. The molecule has 0 amide bonds. The number of nitrogens with two attached hydrogens (primary N) is 1. The molecule has 3 N–H and O–H groups in total. The van der Waals surface area contributed by atoms with Crippen molar-refractivity contribution in [2.75, 3.05) is 29.6 Å². The number of thioether (sulfide) groups is 1. The highest BCUT2D eigenvalue weighted by Gasteiger charge is 2.14. The van der Waals surface area contributed by atoms with E-state index in [1.807, 2.05) is 11.8 Å². The molecule has 0 unspecified atom stereocenters. The Labute approximate surface area is 111 Å². The summed E-state index contributed by atoms with van der Waals surface area (Å²) in [4.78, 5) is 14.3. The van der Waals surface area contributed by atoms with Crippen LogP contribution in [-0.4, -0.2) is 28.5 Å². The quantitative estimate of drug-likeness (QED) is 0.428. The second-order valence-electron chi connectivity index (χ2n) is 3.84. The lowest BCUT2D eigenvalue weighted by molar-refractivity contribution is -0.384. The van der Waals surface area contributed by atoms with Gasteiger partial charge in [-0.05, 0) is 30.9 Å². The first kappa shape index (κ1) is 14.6. The molecule has 0 saturated heterocycles. The Morgan fingerprint density at radius 2 is 2.22 bits per heavy atom. The van der Waals surface area contributed by atoms with Gasteiger partial charge in [0.1, 0.15) is 5.82 Å². The van der Waals surface area contributed by atoms with Crippen LogP contribution in [0.3, 0.4) is 0 Å². The van der Waals surface area contributed by atoms with Crippen molar-refractivity contribution in [1.29, 1.82) is 0 Å². The van der Waals surface area contributed by atoms with Gasteiger partial charge in [0.2, 0.25) is 5.82 Å². The Morgan fingerprint density at radius 3 is 2.89 bits per heavy atom. The zero-order valence-electron chi connectivity index (χ0n) is 10.4. The fourth-order valence-electron chi connectivity index (χ4n) is 1.50. The lowest BCUT2D eigenvalue weighted by Crippen LogP contribution is -2.07. The zero-order valence-corrected chi connectivity index (χ0v) is 11.2. The highest BCUT2D eigenvalue weighted by Crippen LogP contribution is 2.22. The van der Waals surface area contributed by atoms with Crippen LogP contribution >= 0.6 is 11.8 Å². The summed E-state index contributed by atoms with van der Waals surface area (Å²) in [5.41, 5.74) is 5.49. The van der Waals surface area contributed by atoms with E-state index in [1.54, 1.807) is 0 Å². The van der Waals surface area contributed by atoms with Gasteiger partial charge in [-0.1, -0.05) is 6.42 Å². The second-order valence-corrected chi connectivity index (χ2v) is 4.83. The lowest BCUT2D eigenvalue weighted by atomic mass is 10.2. The molecule has 0 saturated carbocycles. The van der Waals surface area contributed by atoms with Crippen molar-refractivity contribution in [2.24, 2.45) is 0 Å². The van der Waals surface area contributed by atoms with Crippen LogP contribution in [0.15, 0.2) is 12.1 Å². The van der Waals surface area contributed by atoms with Crippen LogP contribution in [0.5, 0.6) is 0 Å². The average molecular weight is 270 g/mol. The fraction of sp³-hybridized carbons (Fsp3) is 0.545. The van der Waals surface area contributed by atoms with Crippen molar-refractivity contribution in [2.45, 2.75) is 19.3 Å². The smallest absolute Gasteiger partial charge is 0.311 e. The maximum atomic E-state index is 10.8. The van der Waals surface area contributed by atoms with Crippen molar-refractivity contribution in [3.8, 4) is 0 Å². The third kappa shape index (κ3) is 4.79. The van der Waals surface area contributed by atoms with Crippen molar-refractivity contribution in [1.82, 2.24) is 4.98 Å². The third-order valence-electron chi connectivity index (χ3n) is 2.41. The Kier molecular flexibility index (Phi) is 6.27. The van der Waals surface area contributed by atoms with Gasteiger partial charge in [-0.15, -0.1) is 0 Å². The minimum atomic E-state index is -0.456. The molecular weight excluding hydrogens is 252 g/mol. The molecule has 0 spiro atoms. The number of hydrogen-bond donors (Lipinski definition) is 2. The number of aromatic nitrogens is 1. The number of nitro groups is 1. The van der Waals surface area contributed by atoms with Gasteiger partial charge in [0.25, 0.3) is 0 Å². The van der Waals surface area contributed by atoms with Gasteiger partial charge in [-0.2, -0.15) is 11.8 Å². The van der Waals surface area contributed by atoms with Crippen molar-refractivity contribution in [3.05, 3.63) is 22.2 Å². The summed E-state index contributed by atoms with van der Waals surface area (Å²) in [6.07, 6.45) is 5.31. The van der Waals surface area contributed by atoms with Crippen LogP contribution in [-0.2, 0) is 0 Å². The number of nitrogen functional groups attached to an aromatic ring is 1. The van der Waals surface area contributed by atoms with Crippen molar-refractivity contribution < 1.29 is 4.92 Å². The van der Waals surface area contributed by atoms with Gasteiger partial charge < -0.3 is 11.1 Å². The largest absolute Gasteiger partial charge is 0.384 e. The first-order chi connectivity index (χ1) is 8.65. The van der Waals surface area contributed by atoms with Crippen molar-refractivity contribution in [3.63, 3.8) is 0 Å². The molecule has 1 heterocycles. The summed E-state index contributed by atoms with van der Waals surface area (Å²) in [5, 5.41) is 13.8. The normalized spacial score (nSPS) is 10.3. The SMILES string of the molecule is CSCCCCCNc1nc(N)ccc1[N+](=O)[O-]. The third-order valence-corrected chi connectivity index (χ3v) is 3.11. The minimum Gasteiger partial charge on any atom is -0.384 e. The van der Waals surface area contributed by atoms with Crippen LogP contribution in [0.2, 0.25) is 0 Å². The van der Waals surface area contributed by atoms with E-state index < -0.39 is 4.92 Å². The van der Waals surface area contributed by atoms with Gasteiger partial charge in [0, 0.05) is 12.6 Å². The lowest BCUT2D eigenvalue weighted by Gasteiger charge is -2.06. The molecule has 1 rings (SSSR count). The molecule has 0 bridgehead atoms. The van der Waals surface area contributed by atoms with E-state index in [0.29, 0.717) is 6.54 Å². The zero-order chi connectivity index (χ0) is 13.4. The van der Waals surface area contributed by atoms with Crippen molar-refractivity contribution >= 4 is 29.1 Å². The van der Waals surface area contributed by atoms with E-state index in [0.717, 1.165) is 25.0 Å². The van der Waals surface area contributed by atoms with E-state index in [4.69, 9.17) is 5.73 Å². The molecule has 0 radical (unpaired) electrons. The Balaban J connectivity index is 2.45. The van der Waals surface area contributed by atoms with E-state index in [2.05, 4.69) is 16.6 Å². The molecule has 100 valence electrons. The molecule has 1 aromatic rings. The number of pyridine rings is 1. The average Bonchev–Trinajstić information content (AvgIpc) is 2.33. The number of unbranched alkanes of at least 4 members (excludes halogenated alkanes) is 2. The summed E-state index contributed by atoms with van der Waals surface area (Å²) < 4.78 is 0. The summed E-state index contributed by atoms with van der Waals surface area (Å²) >= 11 is 1.83. The van der Waals surface area contributed by atoms with Crippen LogP contribution in [0, 0.1) is 10.1 Å². The van der Waals surface area contributed by atoms with Crippen LogP contribution in [0.4, 0.5) is 17.3 Å². The maximum absolute atomic E-state index is 10.8. The Hall–Kier alpha value is -1.50. The second kappa shape index (κ2) is 7.75. The van der Waals surface area contributed by atoms with Gasteiger partial charge in [-0.3, -0.25) is 10.1 Å². The number of rotatable bonds is 8. The van der Waals surface area contributed by atoms with Crippen LogP contribution in [0.25, 0.3) is 0 Å². The maximum Gasteiger partial charge on any atom is 0.311 e. The van der Waals surface area contributed by atoms with Gasteiger partial charge in [-0.25, -0.2) is 4.98 Å². The highest BCUT2D eigenvalue weighted by molar-refractivity contribution is 7.98. The molecular formula is C11H18N4O2S. The molecule has 0 aromatic carbocycles. The molecule has 0 aliphatic carbocycles. The number of anilines is 2. The number of hydrogen-bond acceptors (Lipinski definition) is 6. The predicted molar refractivity (Wildman–Crippen MR) is 76.0 cm³/mol. The fourth-order valence-corrected chi connectivity index (χ4v) is 1.99. The van der Waals surface area contributed by atoms with E-state index in [1.165, 1.54) is 12.1 Å². The van der Waals surface area contributed by atoms with E-state index >= 15 is 0 Å². The first-order valence-corrected chi connectivity index (χ1v) is 7.18. The minimum absolute atomic E-state index is 0.0340. The van der Waals surface area contributed by atoms with Gasteiger partial charge in [0.05, 0.1) is 4.92 Å².